The zero-order valence-electron chi connectivity index (χ0n) is 20.4. The second-order valence-corrected chi connectivity index (χ2v) is 11.5. The maximum Gasteiger partial charge on any atom is 0.301 e. The molecule has 2 unspecified atom stereocenters. The minimum atomic E-state index is -3.59. The van der Waals surface area contributed by atoms with Gasteiger partial charge >= 0.3 is 10.2 Å². The SMILES string of the molecule is CCc1cccc(C)c1C(=O)N1C[C@@H](OC)[C@H](Oc2cccc(NS(=O)(=O)N3CC4CC4C3)c2)C1. The highest BCUT2D eigenvalue weighted by molar-refractivity contribution is 7.90. The molecule has 0 bridgehead atoms. The molecule has 2 saturated heterocycles. The highest BCUT2D eigenvalue weighted by Gasteiger charge is 2.48. The number of amides is 1. The van der Waals surface area contributed by atoms with E-state index in [0.29, 0.717) is 49.5 Å². The van der Waals surface area contributed by atoms with Crippen molar-refractivity contribution in [1.82, 2.24) is 9.21 Å². The van der Waals surface area contributed by atoms with Gasteiger partial charge in [-0.15, -0.1) is 0 Å². The number of nitrogens with zero attached hydrogens (tertiary/aromatic N) is 2. The summed E-state index contributed by atoms with van der Waals surface area (Å²) in [5.74, 6) is 1.56. The zero-order chi connectivity index (χ0) is 24.7. The van der Waals surface area contributed by atoms with E-state index in [9.17, 15) is 13.2 Å². The molecule has 1 amide bonds. The van der Waals surface area contributed by atoms with Crippen LogP contribution in [0.2, 0.25) is 0 Å². The molecule has 2 heterocycles. The van der Waals surface area contributed by atoms with Crippen LogP contribution < -0.4 is 9.46 Å². The summed E-state index contributed by atoms with van der Waals surface area (Å²) in [6.07, 6.45) is 1.27. The third-order valence-corrected chi connectivity index (χ3v) is 8.88. The molecule has 1 saturated carbocycles. The van der Waals surface area contributed by atoms with E-state index >= 15 is 0 Å². The zero-order valence-corrected chi connectivity index (χ0v) is 21.3. The molecule has 3 aliphatic rings. The number of likely N-dealkylation sites (tertiary alicyclic amines) is 1. The minimum absolute atomic E-state index is 0.0155. The molecule has 2 aromatic rings. The summed E-state index contributed by atoms with van der Waals surface area (Å²) < 4.78 is 41.6. The van der Waals surface area contributed by atoms with Crippen molar-refractivity contribution in [2.75, 3.05) is 38.0 Å². The van der Waals surface area contributed by atoms with Crippen LogP contribution in [0.4, 0.5) is 5.69 Å². The number of piperidine rings is 1. The molecule has 2 aromatic carbocycles. The van der Waals surface area contributed by atoms with Crippen LogP contribution in [0.1, 0.15) is 34.8 Å². The maximum atomic E-state index is 13.4. The number of hydrogen-bond donors (Lipinski definition) is 1. The fourth-order valence-electron chi connectivity index (χ4n) is 5.31. The number of hydrogen-bond acceptors (Lipinski definition) is 5. The summed E-state index contributed by atoms with van der Waals surface area (Å²) in [6.45, 7) is 6.02. The number of fused-ring (bicyclic) bond motifs is 1. The van der Waals surface area contributed by atoms with Crippen molar-refractivity contribution >= 4 is 21.8 Å². The Morgan fingerprint density at radius 2 is 1.77 bits per heavy atom. The second-order valence-electron chi connectivity index (χ2n) is 9.81. The van der Waals surface area contributed by atoms with Gasteiger partial charge in [-0.25, -0.2) is 0 Å². The van der Waals surface area contributed by atoms with Gasteiger partial charge in [-0.3, -0.25) is 9.52 Å². The third kappa shape index (κ3) is 4.90. The van der Waals surface area contributed by atoms with Crippen LogP contribution in [-0.2, 0) is 21.4 Å². The number of aryl methyl sites for hydroxylation is 2. The molecular weight excluding hydrogens is 466 g/mol. The van der Waals surface area contributed by atoms with Crippen LogP contribution in [0.3, 0.4) is 0 Å². The van der Waals surface area contributed by atoms with Gasteiger partial charge < -0.3 is 14.4 Å². The number of rotatable bonds is 8. The first-order chi connectivity index (χ1) is 16.8. The van der Waals surface area contributed by atoms with Crippen molar-refractivity contribution in [3.05, 3.63) is 59.2 Å². The van der Waals surface area contributed by atoms with Crippen molar-refractivity contribution in [2.24, 2.45) is 11.8 Å². The molecule has 9 heteroatoms. The van der Waals surface area contributed by atoms with Crippen molar-refractivity contribution in [1.29, 1.82) is 0 Å². The first-order valence-corrected chi connectivity index (χ1v) is 13.7. The fraction of sp³-hybridized carbons (Fsp3) is 0.500. The molecule has 188 valence electrons. The van der Waals surface area contributed by atoms with Gasteiger partial charge in [-0.2, -0.15) is 12.7 Å². The highest BCUT2D eigenvalue weighted by atomic mass is 32.2. The van der Waals surface area contributed by atoms with Crippen LogP contribution in [0.25, 0.3) is 0 Å². The number of methoxy groups -OCH3 is 1. The summed E-state index contributed by atoms with van der Waals surface area (Å²) >= 11 is 0. The van der Waals surface area contributed by atoms with Crippen LogP contribution in [0, 0.1) is 18.8 Å². The molecule has 35 heavy (non-hydrogen) atoms. The fourth-order valence-corrected chi connectivity index (χ4v) is 6.64. The number of anilines is 1. The van der Waals surface area contributed by atoms with Crippen LogP contribution in [0.15, 0.2) is 42.5 Å². The van der Waals surface area contributed by atoms with Crippen LogP contribution >= 0.6 is 0 Å². The molecule has 2 aliphatic heterocycles. The van der Waals surface area contributed by atoms with Gasteiger partial charge in [0.1, 0.15) is 18.0 Å². The van der Waals surface area contributed by atoms with E-state index < -0.39 is 10.2 Å². The summed E-state index contributed by atoms with van der Waals surface area (Å²) in [5, 5.41) is 0. The van der Waals surface area contributed by atoms with E-state index in [1.807, 2.05) is 32.0 Å². The van der Waals surface area contributed by atoms with E-state index in [1.165, 1.54) is 4.31 Å². The van der Waals surface area contributed by atoms with Gasteiger partial charge in [0.2, 0.25) is 0 Å². The van der Waals surface area contributed by atoms with Crippen molar-refractivity contribution in [2.45, 2.75) is 38.9 Å². The number of nitrogens with one attached hydrogen (secondary N) is 1. The number of carbonyl (C=O) groups excluding carboxylic acids is 1. The Labute approximate surface area is 207 Å². The Morgan fingerprint density at radius 3 is 2.49 bits per heavy atom. The number of benzene rings is 2. The van der Waals surface area contributed by atoms with Gasteiger partial charge in [0.25, 0.3) is 5.91 Å². The molecule has 0 aromatic heterocycles. The summed E-state index contributed by atoms with van der Waals surface area (Å²) in [7, 11) is -1.97. The molecule has 0 radical (unpaired) electrons. The predicted octanol–water partition coefficient (Wildman–Crippen LogP) is 3.08. The van der Waals surface area contributed by atoms with E-state index in [-0.39, 0.29) is 18.1 Å². The molecule has 1 aliphatic carbocycles. The molecule has 0 spiro atoms. The molecular formula is C26H33N3O5S. The second kappa shape index (κ2) is 9.44. The maximum absolute atomic E-state index is 13.4. The average Bonchev–Trinajstić information content (AvgIpc) is 3.23. The van der Waals surface area contributed by atoms with Crippen LogP contribution in [-0.4, -0.2) is 69.0 Å². The monoisotopic (exact) mass is 499 g/mol. The van der Waals surface area contributed by atoms with Crippen LogP contribution in [0.5, 0.6) is 5.75 Å². The Kier molecular flexibility index (Phi) is 6.50. The van der Waals surface area contributed by atoms with Crippen molar-refractivity contribution in [3.63, 3.8) is 0 Å². The van der Waals surface area contributed by atoms with Gasteiger partial charge in [0.15, 0.2) is 0 Å². The average molecular weight is 500 g/mol. The largest absolute Gasteiger partial charge is 0.486 e. The van der Waals surface area contributed by atoms with E-state index in [1.54, 1.807) is 36.3 Å². The predicted molar refractivity (Wildman–Crippen MR) is 134 cm³/mol. The van der Waals surface area contributed by atoms with Gasteiger partial charge in [-0.1, -0.05) is 31.2 Å². The lowest BCUT2D eigenvalue weighted by molar-refractivity contribution is 0.0340. The van der Waals surface area contributed by atoms with E-state index in [4.69, 9.17) is 9.47 Å². The summed E-state index contributed by atoms with van der Waals surface area (Å²) in [6, 6.07) is 12.9. The van der Waals surface area contributed by atoms with Crippen molar-refractivity contribution < 1.29 is 22.7 Å². The lowest BCUT2D eigenvalue weighted by Gasteiger charge is -2.21. The molecule has 4 atom stereocenters. The topological polar surface area (TPSA) is 88.2 Å². The molecule has 3 fully saturated rings. The molecule has 5 rings (SSSR count). The summed E-state index contributed by atoms with van der Waals surface area (Å²) in [5.41, 5.74) is 3.20. The normalized spacial score (nSPS) is 26.0. The lowest BCUT2D eigenvalue weighted by Crippen LogP contribution is -2.35. The minimum Gasteiger partial charge on any atom is -0.486 e. The van der Waals surface area contributed by atoms with Gasteiger partial charge in [0, 0.05) is 31.8 Å². The number of carbonyl (C=O) groups is 1. The highest BCUT2D eigenvalue weighted by Crippen LogP contribution is 2.45. The van der Waals surface area contributed by atoms with E-state index in [2.05, 4.69) is 4.72 Å². The lowest BCUT2D eigenvalue weighted by atomic mass is 9.99. The Bertz CT molecular complexity index is 1210. The van der Waals surface area contributed by atoms with Crippen molar-refractivity contribution in [3.8, 4) is 5.75 Å². The molecule has 1 N–H and O–H groups in total. The first kappa shape index (κ1) is 24.1. The quantitative estimate of drug-likeness (QED) is 0.603. The smallest absolute Gasteiger partial charge is 0.301 e. The Hall–Kier alpha value is -2.62. The molecule has 8 nitrogen and oxygen atoms in total. The number of ether oxygens (including phenoxy) is 2. The summed E-state index contributed by atoms with van der Waals surface area (Å²) in [4.78, 5) is 15.2. The van der Waals surface area contributed by atoms with E-state index in [0.717, 1.165) is 29.5 Å². The first-order valence-electron chi connectivity index (χ1n) is 12.2. The van der Waals surface area contributed by atoms with Gasteiger partial charge in [0.05, 0.1) is 18.8 Å². The standard InChI is InChI=1S/C26H33N3O5S/c1-4-18-8-5-7-17(2)25(18)26(30)28-15-23(33-3)24(16-28)34-22-10-6-9-21(12-22)27-35(31,32)29-13-19-11-20(19)14-29/h5-10,12,19-20,23-24,27H,4,11,13-16H2,1-3H3/t19?,20?,23-,24-/m1/s1. The van der Waals surface area contributed by atoms with Gasteiger partial charge in [-0.05, 0) is 54.9 Å². The Balaban J connectivity index is 1.27. The Morgan fingerprint density at radius 1 is 1.06 bits per heavy atom. The third-order valence-electron chi connectivity index (χ3n) is 7.41.